The van der Waals surface area contributed by atoms with Crippen LogP contribution in [0.2, 0.25) is 0 Å². The minimum atomic E-state index is -0.859. The van der Waals surface area contributed by atoms with Gasteiger partial charge < -0.3 is 20.5 Å². The van der Waals surface area contributed by atoms with Crippen molar-refractivity contribution < 1.29 is 19.0 Å². The van der Waals surface area contributed by atoms with Gasteiger partial charge in [-0.2, -0.15) is 0 Å². The summed E-state index contributed by atoms with van der Waals surface area (Å²) in [7, 11) is 0. The zero-order valence-corrected chi connectivity index (χ0v) is 23.1. The van der Waals surface area contributed by atoms with Crippen LogP contribution < -0.4 is 15.4 Å². The van der Waals surface area contributed by atoms with Gasteiger partial charge in [0.25, 0.3) is 0 Å². The molecule has 0 saturated heterocycles. The second kappa shape index (κ2) is 14.5. The molecule has 204 valence electrons. The molecule has 0 aliphatic heterocycles. The first kappa shape index (κ1) is 30.8. The summed E-state index contributed by atoms with van der Waals surface area (Å²) in [6.45, 7) is 10.0. The SMILES string of the molecule is C=CCOc1cc(F)cc(C[C@H](NC(C)=O)[C@H](O)CNC2(c3cccc(C(C)C)c3)CCCCC2)c1.Cl. The summed E-state index contributed by atoms with van der Waals surface area (Å²) in [4.78, 5) is 12.0. The number of carbonyl (C=O) groups is 1. The number of hydrogen-bond donors (Lipinski definition) is 3. The van der Waals surface area contributed by atoms with Gasteiger partial charge >= 0.3 is 0 Å². The maximum Gasteiger partial charge on any atom is 0.217 e. The number of aliphatic hydroxyl groups excluding tert-OH is 1. The Bertz CT molecular complexity index is 1020. The molecular weight excluding hydrogens is 491 g/mol. The summed E-state index contributed by atoms with van der Waals surface area (Å²) in [5, 5.41) is 17.8. The van der Waals surface area contributed by atoms with Crippen LogP contribution in [0.15, 0.2) is 55.1 Å². The smallest absolute Gasteiger partial charge is 0.217 e. The van der Waals surface area contributed by atoms with Crippen molar-refractivity contribution in [2.45, 2.75) is 82.9 Å². The van der Waals surface area contributed by atoms with Gasteiger partial charge in [-0.3, -0.25) is 4.79 Å². The molecule has 1 aliphatic carbocycles. The number of rotatable bonds is 12. The van der Waals surface area contributed by atoms with Crippen molar-refractivity contribution in [3.63, 3.8) is 0 Å². The van der Waals surface area contributed by atoms with Crippen LogP contribution in [-0.4, -0.2) is 36.3 Å². The average molecular weight is 533 g/mol. The van der Waals surface area contributed by atoms with E-state index in [4.69, 9.17) is 4.74 Å². The number of halogens is 2. The van der Waals surface area contributed by atoms with E-state index < -0.39 is 18.0 Å². The molecule has 0 radical (unpaired) electrons. The molecule has 1 amide bonds. The molecule has 1 fully saturated rings. The van der Waals surface area contributed by atoms with Gasteiger partial charge in [0.1, 0.15) is 18.2 Å². The van der Waals surface area contributed by atoms with Gasteiger partial charge in [0.2, 0.25) is 5.91 Å². The minimum absolute atomic E-state index is 0. The van der Waals surface area contributed by atoms with E-state index >= 15 is 0 Å². The lowest BCUT2D eigenvalue weighted by Gasteiger charge is -2.40. The molecule has 0 heterocycles. The summed E-state index contributed by atoms with van der Waals surface area (Å²) in [6, 6.07) is 12.6. The molecule has 2 aromatic rings. The summed E-state index contributed by atoms with van der Waals surface area (Å²) < 4.78 is 19.7. The van der Waals surface area contributed by atoms with Crippen LogP contribution >= 0.6 is 12.4 Å². The van der Waals surface area contributed by atoms with Crippen LogP contribution in [0, 0.1) is 5.82 Å². The van der Waals surface area contributed by atoms with Crippen molar-refractivity contribution in [2.75, 3.05) is 13.2 Å². The Morgan fingerprint density at radius 2 is 1.92 bits per heavy atom. The van der Waals surface area contributed by atoms with E-state index in [1.54, 1.807) is 12.1 Å². The molecule has 2 aromatic carbocycles. The van der Waals surface area contributed by atoms with Crippen molar-refractivity contribution in [2.24, 2.45) is 0 Å². The van der Waals surface area contributed by atoms with Crippen molar-refractivity contribution in [1.82, 2.24) is 10.6 Å². The predicted octanol–water partition coefficient (Wildman–Crippen LogP) is 5.79. The van der Waals surface area contributed by atoms with E-state index in [2.05, 4.69) is 55.3 Å². The van der Waals surface area contributed by atoms with Gasteiger partial charge in [-0.05, 0) is 54.0 Å². The summed E-state index contributed by atoms with van der Waals surface area (Å²) >= 11 is 0. The first-order valence-electron chi connectivity index (χ1n) is 13.1. The average Bonchev–Trinajstić information content (AvgIpc) is 2.85. The van der Waals surface area contributed by atoms with Crippen LogP contribution in [0.5, 0.6) is 5.75 Å². The number of nitrogens with one attached hydrogen (secondary N) is 2. The summed E-state index contributed by atoms with van der Waals surface area (Å²) in [5.41, 5.74) is 2.99. The molecule has 5 nitrogen and oxygen atoms in total. The summed E-state index contributed by atoms with van der Waals surface area (Å²) in [6.07, 6.45) is 6.47. The molecule has 7 heteroatoms. The lowest BCUT2D eigenvalue weighted by molar-refractivity contribution is -0.120. The van der Waals surface area contributed by atoms with E-state index in [0.717, 1.165) is 25.7 Å². The third-order valence-electron chi connectivity index (χ3n) is 7.07. The first-order valence-corrected chi connectivity index (χ1v) is 13.1. The molecule has 0 spiro atoms. The van der Waals surface area contributed by atoms with Gasteiger partial charge in [-0.25, -0.2) is 4.39 Å². The van der Waals surface area contributed by atoms with Crippen LogP contribution in [0.3, 0.4) is 0 Å². The maximum absolute atomic E-state index is 14.2. The maximum atomic E-state index is 14.2. The highest BCUT2D eigenvalue weighted by Crippen LogP contribution is 2.38. The number of carbonyl (C=O) groups excluding carboxylic acids is 1. The number of amides is 1. The lowest BCUT2D eigenvalue weighted by atomic mass is 9.75. The number of aliphatic hydroxyl groups is 1. The second-order valence-electron chi connectivity index (χ2n) is 10.3. The van der Waals surface area contributed by atoms with Gasteiger partial charge in [0.05, 0.1) is 12.1 Å². The Morgan fingerprint density at radius 1 is 1.19 bits per heavy atom. The Morgan fingerprint density at radius 3 is 2.57 bits per heavy atom. The highest BCUT2D eigenvalue weighted by Gasteiger charge is 2.35. The Labute approximate surface area is 227 Å². The van der Waals surface area contributed by atoms with Crippen LogP contribution in [0.1, 0.15) is 75.5 Å². The van der Waals surface area contributed by atoms with Crippen molar-refractivity contribution in [3.8, 4) is 5.75 Å². The number of hydrogen-bond acceptors (Lipinski definition) is 4. The van der Waals surface area contributed by atoms with Crippen LogP contribution in [0.25, 0.3) is 0 Å². The quantitative estimate of drug-likeness (QED) is 0.302. The molecule has 0 aromatic heterocycles. The van der Waals surface area contributed by atoms with Crippen LogP contribution in [-0.2, 0) is 16.8 Å². The van der Waals surface area contributed by atoms with E-state index in [0.29, 0.717) is 23.8 Å². The minimum Gasteiger partial charge on any atom is -0.489 e. The Kier molecular flexibility index (Phi) is 12.1. The largest absolute Gasteiger partial charge is 0.489 e. The van der Waals surface area contributed by atoms with E-state index in [1.807, 2.05) is 0 Å². The van der Waals surface area contributed by atoms with Crippen molar-refractivity contribution in [3.05, 3.63) is 77.6 Å². The van der Waals surface area contributed by atoms with Gasteiger partial charge in [-0.1, -0.05) is 70.0 Å². The molecule has 3 rings (SSSR count). The van der Waals surface area contributed by atoms with Crippen LogP contribution in [0.4, 0.5) is 4.39 Å². The highest BCUT2D eigenvalue weighted by atomic mass is 35.5. The lowest BCUT2D eigenvalue weighted by Crippen LogP contribution is -2.53. The normalized spacial score (nSPS) is 16.4. The second-order valence-corrected chi connectivity index (χ2v) is 10.3. The third-order valence-corrected chi connectivity index (χ3v) is 7.07. The molecule has 37 heavy (non-hydrogen) atoms. The molecular formula is C30H42ClFN2O3. The van der Waals surface area contributed by atoms with E-state index in [9.17, 15) is 14.3 Å². The molecule has 0 unspecified atom stereocenters. The molecule has 2 atom stereocenters. The Hall–Kier alpha value is -2.41. The Balaban J connectivity index is 0.00000481. The van der Waals surface area contributed by atoms with Crippen molar-refractivity contribution >= 4 is 18.3 Å². The van der Waals surface area contributed by atoms with Gasteiger partial charge in [-0.15, -0.1) is 12.4 Å². The number of ether oxygens (including phenoxy) is 1. The predicted molar refractivity (Wildman–Crippen MR) is 150 cm³/mol. The van der Waals surface area contributed by atoms with Crippen molar-refractivity contribution in [1.29, 1.82) is 0 Å². The zero-order chi connectivity index (χ0) is 26.1. The fourth-order valence-corrected chi connectivity index (χ4v) is 5.14. The van der Waals surface area contributed by atoms with Gasteiger partial charge in [0.15, 0.2) is 0 Å². The molecule has 1 saturated carbocycles. The molecule has 0 bridgehead atoms. The van der Waals surface area contributed by atoms with E-state index in [1.165, 1.54) is 36.6 Å². The van der Waals surface area contributed by atoms with Gasteiger partial charge in [0, 0.05) is 25.1 Å². The standard InChI is InChI=1S/C30H41FN2O3.ClH/c1-5-14-36-27-16-23(15-26(31)19-27)17-28(33-22(4)34)29(35)20-32-30(12-7-6-8-13-30)25-11-9-10-24(18-25)21(2)3;/h5,9-11,15-16,18-19,21,28-29,32,35H,1,6-8,12-14,17,20H2,2-4H3,(H,33,34);1H/t28-,29+;/m0./s1. The van der Waals surface area contributed by atoms with E-state index in [-0.39, 0.29) is 36.9 Å². The molecule has 1 aliphatic rings. The fourth-order valence-electron chi connectivity index (χ4n) is 5.14. The zero-order valence-electron chi connectivity index (χ0n) is 22.3. The topological polar surface area (TPSA) is 70.6 Å². The third kappa shape index (κ3) is 8.84. The number of benzene rings is 2. The summed E-state index contributed by atoms with van der Waals surface area (Å²) in [5.74, 6) is 0.166. The molecule has 3 N–H and O–H groups in total. The highest BCUT2D eigenvalue weighted by molar-refractivity contribution is 5.85. The monoisotopic (exact) mass is 532 g/mol. The first-order chi connectivity index (χ1) is 17.2. The fraction of sp³-hybridized carbons (Fsp3) is 0.500.